The Balaban J connectivity index is 1.73. The van der Waals surface area contributed by atoms with Gasteiger partial charge in [0.1, 0.15) is 15.9 Å². The highest BCUT2D eigenvalue weighted by atomic mass is 79.9. The second kappa shape index (κ2) is 6.35. The molecule has 0 unspecified atom stereocenters. The normalized spacial score (nSPS) is 20.8. The second-order valence-corrected chi connectivity index (χ2v) is 8.71. The van der Waals surface area contributed by atoms with E-state index in [4.69, 9.17) is 5.10 Å². The quantitative estimate of drug-likeness (QED) is 0.675. The topological polar surface area (TPSA) is 80.3 Å². The van der Waals surface area contributed by atoms with Crippen LogP contribution in [0.15, 0.2) is 29.1 Å². The lowest BCUT2D eigenvalue weighted by Gasteiger charge is -2.22. The molecule has 1 fully saturated rings. The van der Waals surface area contributed by atoms with E-state index in [0.29, 0.717) is 5.92 Å². The molecule has 2 N–H and O–H groups in total. The highest BCUT2D eigenvalue weighted by Crippen LogP contribution is 2.36. The molecule has 8 heteroatoms. The zero-order valence-corrected chi connectivity index (χ0v) is 16.7. The standard InChI is InChI=1S/C18H23BrN6O/c1-18(2,3)25-16(9-13(22-25)11-4-5-12(26)8-11)21-17-14-10-15(19)23-24(14)7-6-20-17/h6-7,9-12,26H,4-5,8H2,1-3H3,(H,20,21)/t11-,12+/m0/s1. The number of hydrogen-bond donors (Lipinski definition) is 2. The van der Waals surface area contributed by atoms with Crippen molar-refractivity contribution < 1.29 is 5.11 Å². The Morgan fingerprint density at radius 2 is 2.04 bits per heavy atom. The summed E-state index contributed by atoms with van der Waals surface area (Å²) < 4.78 is 4.55. The third-order valence-corrected chi connectivity index (χ3v) is 5.18. The molecule has 0 radical (unpaired) electrons. The minimum atomic E-state index is -0.212. The molecule has 0 aliphatic heterocycles. The van der Waals surface area contributed by atoms with Crippen molar-refractivity contribution in [2.45, 2.75) is 57.6 Å². The Bertz CT molecular complexity index is 941. The maximum Gasteiger partial charge on any atom is 0.157 e. The Kier molecular flexibility index (Phi) is 4.27. The van der Waals surface area contributed by atoms with Crippen molar-refractivity contribution in [3.63, 3.8) is 0 Å². The van der Waals surface area contributed by atoms with E-state index < -0.39 is 0 Å². The van der Waals surface area contributed by atoms with Crippen LogP contribution in [0.4, 0.5) is 11.6 Å². The van der Waals surface area contributed by atoms with Gasteiger partial charge in [-0.25, -0.2) is 14.2 Å². The first-order chi connectivity index (χ1) is 12.3. The number of rotatable bonds is 3. The second-order valence-electron chi connectivity index (χ2n) is 7.90. The Hall–Kier alpha value is -1.93. The summed E-state index contributed by atoms with van der Waals surface area (Å²) in [6.45, 7) is 6.38. The lowest BCUT2D eigenvalue weighted by Crippen LogP contribution is -2.25. The van der Waals surface area contributed by atoms with Gasteiger partial charge in [0, 0.05) is 30.4 Å². The molecular weight excluding hydrogens is 396 g/mol. The Labute approximate surface area is 160 Å². The van der Waals surface area contributed by atoms with Crippen molar-refractivity contribution in [3.05, 3.63) is 34.8 Å². The first-order valence-electron chi connectivity index (χ1n) is 8.86. The van der Waals surface area contributed by atoms with Gasteiger partial charge in [-0.3, -0.25) is 0 Å². The van der Waals surface area contributed by atoms with Crippen LogP contribution in [0.2, 0.25) is 0 Å². The van der Waals surface area contributed by atoms with Crippen LogP contribution in [0.3, 0.4) is 0 Å². The summed E-state index contributed by atoms with van der Waals surface area (Å²) >= 11 is 3.42. The molecule has 138 valence electrons. The molecule has 0 spiro atoms. The van der Waals surface area contributed by atoms with E-state index in [1.54, 1.807) is 10.7 Å². The van der Waals surface area contributed by atoms with Gasteiger partial charge in [-0.1, -0.05) is 0 Å². The van der Waals surface area contributed by atoms with Gasteiger partial charge < -0.3 is 10.4 Å². The largest absolute Gasteiger partial charge is 0.393 e. The molecule has 1 aliphatic rings. The molecule has 3 aromatic rings. The fraction of sp³-hybridized carbons (Fsp3) is 0.500. The molecule has 26 heavy (non-hydrogen) atoms. The molecule has 1 aliphatic carbocycles. The van der Waals surface area contributed by atoms with E-state index in [-0.39, 0.29) is 11.6 Å². The Morgan fingerprint density at radius 1 is 1.23 bits per heavy atom. The number of aliphatic hydroxyl groups is 1. The minimum absolute atomic E-state index is 0.177. The van der Waals surface area contributed by atoms with Gasteiger partial charge in [0.05, 0.1) is 17.3 Å². The smallest absolute Gasteiger partial charge is 0.157 e. The van der Waals surface area contributed by atoms with Crippen LogP contribution >= 0.6 is 15.9 Å². The van der Waals surface area contributed by atoms with Gasteiger partial charge in [0.15, 0.2) is 5.82 Å². The lowest BCUT2D eigenvalue weighted by molar-refractivity contribution is 0.181. The van der Waals surface area contributed by atoms with Crippen LogP contribution in [0.1, 0.15) is 51.6 Å². The molecule has 7 nitrogen and oxygen atoms in total. The maximum absolute atomic E-state index is 9.88. The summed E-state index contributed by atoms with van der Waals surface area (Å²) in [4.78, 5) is 4.48. The van der Waals surface area contributed by atoms with E-state index >= 15 is 0 Å². The van der Waals surface area contributed by atoms with Gasteiger partial charge in [-0.2, -0.15) is 10.2 Å². The van der Waals surface area contributed by atoms with Gasteiger partial charge >= 0.3 is 0 Å². The van der Waals surface area contributed by atoms with E-state index in [0.717, 1.165) is 46.7 Å². The number of nitrogens with zero attached hydrogens (tertiary/aromatic N) is 5. The summed E-state index contributed by atoms with van der Waals surface area (Å²) in [5.41, 5.74) is 1.74. The van der Waals surface area contributed by atoms with Crippen molar-refractivity contribution >= 4 is 33.1 Å². The summed E-state index contributed by atoms with van der Waals surface area (Å²) in [7, 11) is 0. The van der Waals surface area contributed by atoms with E-state index in [1.807, 2.05) is 16.9 Å². The number of hydrogen-bond acceptors (Lipinski definition) is 5. The molecule has 0 aromatic carbocycles. The molecule has 4 rings (SSSR count). The average Bonchev–Trinajstić information content (AvgIpc) is 3.24. The Morgan fingerprint density at radius 3 is 2.73 bits per heavy atom. The van der Waals surface area contributed by atoms with Crippen molar-refractivity contribution in [1.82, 2.24) is 24.4 Å². The number of anilines is 2. The molecule has 0 saturated heterocycles. The first kappa shape index (κ1) is 17.5. The monoisotopic (exact) mass is 418 g/mol. The van der Waals surface area contributed by atoms with Crippen LogP contribution in [0.5, 0.6) is 0 Å². The van der Waals surface area contributed by atoms with Gasteiger partial charge in [-0.05, 0) is 56.0 Å². The van der Waals surface area contributed by atoms with E-state index in [9.17, 15) is 5.11 Å². The molecule has 2 atom stereocenters. The van der Waals surface area contributed by atoms with Crippen molar-refractivity contribution in [2.24, 2.45) is 0 Å². The van der Waals surface area contributed by atoms with Crippen molar-refractivity contribution in [3.8, 4) is 0 Å². The molecule has 3 heterocycles. The predicted molar refractivity (Wildman–Crippen MR) is 104 cm³/mol. The number of fused-ring (bicyclic) bond motifs is 1. The third-order valence-electron chi connectivity index (χ3n) is 4.79. The molecule has 3 aromatic heterocycles. The first-order valence-corrected chi connectivity index (χ1v) is 9.66. The zero-order valence-electron chi connectivity index (χ0n) is 15.1. The summed E-state index contributed by atoms with van der Waals surface area (Å²) in [6, 6.07) is 4.02. The third kappa shape index (κ3) is 3.23. The van der Waals surface area contributed by atoms with Crippen LogP contribution < -0.4 is 5.32 Å². The van der Waals surface area contributed by atoms with Crippen LogP contribution in [-0.2, 0) is 5.54 Å². The average molecular weight is 419 g/mol. The SMILES string of the molecule is CC(C)(C)n1nc([C@H]2CC[C@@H](O)C2)cc1Nc1nccn2nc(Br)cc12. The van der Waals surface area contributed by atoms with Crippen LogP contribution in [0.25, 0.3) is 5.52 Å². The fourth-order valence-electron chi connectivity index (χ4n) is 3.54. The summed E-state index contributed by atoms with van der Waals surface area (Å²) in [6.07, 6.45) is 5.93. The van der Waals surface area contributed by atoms with Crippen LogP contribution in [-0.4, -0.2) is 35.6 Å². The van der Waals surface area contributed by atoms with Gasteiger partial charge in [0.2, 0.25) is 0 Å². The fourth-order valence-corrected chi connectivity index (χ4v) is 3.92. The lowest BCUT2D eigenvalue weighted by atomic mass is 10.0. The highest BCUT2D eigenvalue weighted by molar-refractivity contribution is 9.10. The molecule has 1 saturated carbocycles. The van der Waals surface area contributed by atoms with Gasteiger partial charge in [-0.15, -0.1) is 0 Å². The van der Waals surface area contributed by atoms with Crippen molar-refractivity contribution in [2.75, 3.05) is 5.32 Å². The minimum Gasteiger partial charge on any atom is -0.393 e. The number of aliphatic hydroxyl groups excluding tert-OH is 1. The predicted octanol–water partition coefficient (Wildman–Crippen LogP) is 3.82. The van der Waals surface area contributed by atoms with E-state index in [1.165, 1.54) is 0 Å². The number of nitrogens with one attached hydrogen (secondary N) is 1. The molecule has 0 bridgehead atoms. The van der Waals surface area contributed by atoms with E-state index in [2.05, 4.69) is 58.2 Å². The summed E-state index contributed by atoms with van der Waals surface area (Å²) in [5, 5.41) is 22.5. The summed E-state index contributed by atoms with van der Waals surface area (Å²) in [5.74, 6) is 1.93. The maximum atomic E-state index is 9.88. The molecule has 0 amide bonds. The van der Waals surface area contributed by atoms with Gasteiger partial charge in [0.25, 0.3) is 0 Å². The van der Waals surface area contributed by atoms with Crippen molar-refractivity contribution in [1.29, 1.82) is 0 Å². The molecular formula is C18H23BrN6O. The highest BCUT2D eigenvalue weighted by Gasteiger charge is 2.29. The zero-order chi connectivity index (χ0) is 18.5. The van der Waals surface area contributed by atoms with Crippen LogP contribution in [0, 0.1) is 0 Å². The number of aromatic nitrogens is 5. The number of halogens is 1.